The highest BCUT2D eigenvalue weighted by Gasteiger charge is 2.24. The van der Waals surface area contributed by atoms with Crippen LogP contribution in [0, 0.1) is 11.6 Å². The topological polar surface area (TPSA) is 83.5 Å². The Morgan fingerprint density at radius 1 is 0.894 bits per heavy atom. The number of thiazole rings is 1. The lowest BCUT2D eigenvalue weighted by Gasteiger charge is -2.25. The van der Waals surface area contributed by atoms with Crippen molar-refractivity contribution >= 4 is 17.2 Å². The first-order chi connectivity index (χ1) is 22.8. The Balaban J connectivity index is 1.40. The number of carbonyl (C=O) groups is 1. The van der Waals surface area contributed by atoms with Crippen LogP contribution in [0.25, 0.3) is 21.7 Å². The summed E-state index contributed by atoms with van der Waals surface area (Å²) in [5.41, 5.74) is 5.45. The van der Waals surface area contributed by atoms with Crippen LogP contribution in [0.15, 0.2) is 96.5 Å². The van der Waals surface area contributed by atoms with Gasteiger partial charge in [-0.2, -0.15) is 0 Å². The molecule has 0 aliphatic rings. The molecule has 244 valence electrons. The summed E-state index contributed by atoms with van der Waals surface area (Å²) in [6.45, 7) is 5.43. The summed E-state index contributed by atoms with van der Waals surface area (Å²) in [7, 11) is 0. The van der Waals surface area contributed by atoms with Crippen molar-refractivity contribution in [3.05, 3.63) is 130 Å². The number of carbonyl (C=O) groups excluding carboxylic acids is 1. The van der Waals surface area contributed by atoms with Crippen molar-refractivity contribution in [1.29, 1.82) is 0 Å². The summed E-state index contributed by atoms with van der Waals surface area (Å²) in [6.07, 6.45) is 2.49. The molecule has 4 aromatic carbocycles. The van der Waals surface area contributed by atoms with Crippen molar-refractivity contribution in [2.45, 2.75) is 51.8 Å². The van der Waals surface area contributed by atoms with E-state index in [0.717, 1.165) is 51.9 Å². The second-order valence-corrected chi connectivity index (χ2v) is 12.3. The molecule has 5 aromatic rings. The number of ether oxygens (including phenoxy) is 1. The van der Waals surface area contributed by atoms with Crippen molar-refractivity contribution < 1.29 is 23.4 Å². The van der Waals surface area contributed by atoms with E-state index in [9.17, 15) is 18.7 Å². The highest BCUT2D eigenvalue weighted by Crippen LogP contribution is 2.31. The molecule has 2 atom stereocenters. The molecule has 0 aliphatic heterocycles. The summed E-state index contributed by atoms with van der Waals surface area (Å²) >= 11 is 1.46. The van der Waals surface area contributed by atoms with Crippen molar-refractivity contribution in [2.24, 2.45) is 0 Å². The first kappa shape index (κ1) is 33.9. The molecule has 0 saturated carbocycles. The number of benzene rings is 4. The number of aryl methyl sites for hydroxylation is 1. The average Bonchev–Trinajstić information content (AvgIpc) is 3.62. The lowest BCUT2D eigenvalue weighted by Crippen LogP contribution is -2.48. The zero-order chi connectivity index (χ0) is 33.2. The Bertz CT molecular complexity index is 1740. The van der Waals surface area contributed by atoms with Gasteiger partial charge in [0.25, 0.3) is 5.91 Å². The molecule has 5 rings (SSSR count). The summed E-state index contributed by atoms with van der Waals surface area (Å²) in [6, 6.07) is 23.8. The van der Waals surface area contributed by atoms with Gasteiger partial charge in [0, 0.05) is 41.9 Å². The molecule has 1 amide bonds. The molecule has 6 nitrogen and oxygen atoms in total. The maximum Gasteiger partial charge on any atom is 0.251 e. The minimum absolute atomic E-state index is 0.0207. The van der Waals surface area contributed by atoms with Gasteiger partial charge in [-0.15, -0.1) is 11.3 Å². The second-order valence-electron chi connectivity index (χ2n) is 11.4. The van der Waals surface area contributed by atoms with Crippen LogP contribution in [0.5, 0.6) is 5.75 Å². The van der Waals surface area contributed by atoms with E-state index in [1.165, 1.54) is 29.0 Å². The number of aliphatic hydroxyl groups is 1. The fourth-order valence-electron chi connectivity index (χ4n) is 5.36. The molecule has 1 aromatic heterocycles. The van der Waals surface area contributed by atoms with E-state index in [1.807, 2.05) is 54.8 Å². The number of amides is 1. The summed E-state index contributed by atoms with van der Waals surface area (Å²) in [5, 5.41) is 20.2. The number of halogens is 2. The highest BCUT2D eigenvalue weighted by atomic mass is 32.1. The molecular formula is C38H39F2N3O3S. The summed E-state index contributed by atoms with van der Waals surface area (Å²) in [5.74, 6) is -1.10. The van der Waals surface area contributed by atoms with E-state index in [0.29, 0.717) is 24.3 Å². The van der Waals surface area contributed by atoms with Gasteiger partial charge in [0.2, 0.25) is 0 Å². The van der Waals surface area contributed by atoms with E-state index in [4.69, 9.17) is 4.74 Å². The van der Waals surface area contributed by atoms with Crippen molar-refractivity contribution in [1.82, 2.24) is 15.6 Å². The standard InChI is InChI=1S/C38H39F2N3O3S/c1-3-13-46-34-10-8-28(9-11-34)29-19-30(21-31(20-29)38-42-12-14-47-38)37(45)43-35(18-27-16-32(39)22-33(40)17-27)36(44)24-41-23-26-7-5-6-25(4-2)15-26/h5-12,14-17,19-22,35-36,41,44H,3-4,13,18,23-24H2,1-2H3,(H,43,45)/t35-,36+/m0/s1. The number of nitrogens with zero attached hydrogens (tertiary/aromatic N) is 1. The smallest absolute Gasteiger partial charge is 0.251 e. The van der Waals surface area contributed by atoms with Crippen LogP contribution in [-0.2, 0) is 19.4 Å². The number of aliphatic hydroxyl groups excluding tert-OH is 1. The molecule has 0 saturated heterocycles. The monoisotopic (exact) mass is 655 g/mol. The van der Waals surface area contributed by atoms with Gasteiger partial charge in [0.15, 0.2) is 0 Å². The third-order valence-electron chi connectivity index (χ3n) is 7.78. The van der Waals surface area contributed by atoms with Gasteiger partial charge in [0.1, 0.15) is 22.4 Å². The van der Waals surface area contributed by atoms with Gasteiger partial charge in [-0.1, -0.05) is 50.2 Å². The zero-order valence-electron chi connectivity index (χ0n) is 26.5. The van der Waals surface area contributed by atoms with Crippen LogP contribution in [0.1, 0.15) is 47.3 Å². The number of hydrogen-bond acceptors (Lipinski definition) is 6. The lowest BCUT2D eigenvalue weighted by molar-refractivity contribution is 0.0830. The fraction of sp³-hybridized carbons (Fsp3) is 0.263. The van der Waals surface area contributed by atoms with Crippen molar-refractivity contribution in [3.8, 4) is 27.4 Å². The largest absolute Gasteiger partial charge is 0.494 e. The van der Waals surface area contributed by atoms with Crippen LogP contribution in [0.4, 0.5) is 8.78 Å². The number of nitrogens with one attached hydrogen (secondary N) is 2. The van der Waals surface area contributed by atoms with E-state index >= 15 is 0 Å². The predicted octanol–water partition coefficient (Wildman–Crippen LogP) is 7.60. The van der Waals surface area contributed by atoms with Crippen LogP contribution in [0.2, 0.25) is 0 Å². The molecule has 0 spiro atoms. The zero-order valence-corrected chi connectivity index (χ0v) is 27.3. The molecule has 0 aliphatic carbocycles. The van der Waals surface area contributed by atoms with Crippen molar-refractivity contribution in [3.63, 3.8) is 0 Å². The third-order valence-corrected chi connectivity index (χ3v) is 8.60. The van der Waals surface area contributed by atoms with Crippen LogP contribution in [-0.4, -0.2) is 41.3 Å². The molecular weight excluding hydrogens is 616 g/mol. The lowest BCUT2D eigenvalue weighted by atomic mass is 9.97. The van der Waals surface area contributed by atoms with Gasteiger partial charge in [-0.05, 0) is 89.5 Å². The number of rotatable bonds is 15. The molecule has 47 heavy (non-hydrogen) atoms. The van der Waals surface area contributed by atoms with Crippen LogP contribution in [0.3, 0.4) is 0 Å². The first-order valence-electron chi connectivity index (χ1n) is 15.8. The molecule has 0 bridgehead atoms. The Morgan fingerprint density at radius 3 is 2.34 bits per heavy atom. The minimum atomic E-state index is -1.06. The Morgan fingerprint density at radius 2 is 1.64 bits per heavy atom. The van der Waals surface area contributed by atoms with E-state index in [2.05, 4.69) is 34.7 Å². The maximum absolute atomic E-state index is 14.1. The fourth-order valence-corrected chi connectivity index (χ4v) is 5.99. The normalized spacial score (nSPS) is 12.4. The molecule has 0 fully saturated rings. The first-order valence-corrected chi connectivity index (χ1v) is 16.7. The Kier molecular flexibility index (Phi) is 11.8. The maximum atomic E-state index is 14.1. The SMILES string of the molecule is CCCOc1ccc(-c2cc(C(=O)N[C@@H](Cc3cc(F)cc(F)c3)[C@H](O)CNCc3cccc(CC)c3)cc(-c3nccs3)c2)cc1. The molecule has 0 radical (unpaired) electrons. The third kappa shape index (κ3) is 9.54. The highest BCUT2D eigenvalue weighted by molar-refractivity contribution is 7.13. The number of aromatic nitrogens is 1. The molecule has 0 unspecified atom stereocenters. The van der Waals surface area contributed by atoms with Gasteiger partial charge < -0.3 is 20.5 Å². The van der Waals surface area contributed by atoms with Crippen LogP contribution >= 0.6 is 11.3 Å². The van der Waals surface area contributed by atoms with Gasteiger partial charge in [-0.3, -0.25) is 4.79 Å². The molecule has 1 heterocycles. The number of hydrogen-bond donors (Lipinski definition) is 3. The predicted molar refractivity (Wildman–Crippen MR) is 184 cm³/mol. The summed E-state index contributed by atoms with van der Waals surface area (Å²) in [4.78, 5) is 18.3. The second kappa shape index (κ2) is 16.4. The van der Waals surface area contributed by atoms with Gasteiger partial charge in [-0.25, -0.2) is 13.8 Å². The van der Waals surface area contributed by atoms with Crippen molar-refractivity contribution in [2.75, 3.05) is 13.2 Å². The van der Waals surface area contributed by atoms with E-state index < -0.39 is 29.7 Å². The molecule has 9 heteroatoms. The Hall–Kier alpha value is -4.44. The molecule has 3 N–H and O–H groups in total. The van der Waals surface area contributed by atoms with E-state index in [1.54, 1.807) is 18.3 Å². The Labute approximate surface area is 278 Å². The van der Waals surface area contributed by atoms with E-state index in [-0.39, 0.29) is 13.0 Å². The van der Waals surface area contributed by atoms with Gasteiger partial charge >= 0.3 is 0 Å². The van der Waals surface area contributed by atoms with Crippen LogP contribution < -0.4 is 15.4 Å². The average molecular weight is 656 g/mol. The van der Waals surface area contributed by atoms with Gasteiger partial charge in [0.05, 0.1) is 18.8 Å². The quantitative estimate of drug-likeness (QED) is 0.108. The summed E-state index contributed by atoms with van der Waals surface area (Å²) < 4.78 is 34.0. The minimum Gasteiger partial charge on any atom is -0.494 e.